The van der Waals surface area contributed by atoms with Gasteiger partial charge in [0.25, 0.3) is 5.91 Å². The standard InChI is InChI=1S/C14H19N3O/c18-14(15-9-10-5-2-1-3-6-10)13-11-7-4-8-12(11)16-17-13/h5H,1-4,6-9H2,(H,15,18)(H,16,17). The topological polar surface area (TPSA) is 57.8 Å². The number of hydrogen-bond acceptors (Lipinski definition) is 2. The Balaban J connectivity index is 1.62. The predicted molar refractivity (Wildman–Crippen MR) is 69.5 cm³/mol. The SMILES string of the molecule is O=C(NCC1=CCCCC1)c1n[nH]c2c1CCC2. The Morgan fingerprint density at radius 2 is 2.22 bits per heavy atom. The van der Waals surface area contributed by atoms with Crippen LogP contribution in [-0.2, 0) is 12.8 Å². The number of carbonyl (C=O) groups is 1. The highest BCUT2D eigenvalue weighted by Gasteiger charge is 2.22. The van der Waals surface area contributed by atoms with E-state index >= 15 is 0 Å². The number of hydrogen-bond donors (Lipinski definition) is 2. The van der Waals surface area contributed by atoms with Crippen molar-refractivity contribution in [2.45, 2.75) is 44.9 Å². The zero-order chi connectivity index (χ0) is 12.4. The van der Waals surface area contributed by atoms with Gasteiger partial charge in [-0.05, 0) is 44.9 Å². The van der Waals surface area contributed by atoms with E-state index in [0.717, 1.165) is 43.4 Å². The zero-order valence-electron chi connectivity index (χ0n) is 10.6. The van der Waals surface area contributed by atoms with Crippen LogP contribution in [0, 0.1) is 0 Å². The fourth-order valence-electron chi connectivity index (χ4n) is 2.85. The van der Waals surface area contributed by atoms with Gasteiger partial charge in [-0.25, -0.2) is 0 Å². The van der Waals surface area contributed by atoms with Gasteiger partial charge in [0, 0.05) is 17.8 Å². The minimum absolute atomic E-state index is 0.0270. The fourth-order valence-corrected chi connectivity index (χ4v) is 2.85. The van der Waals surface area contributed by atoms with E-state index < -0.39 is 0 Å². The van der Waals surface area contributed by atoms with Crippen LogP contribution in [0.25, 0.3) is 0 Å². The van der Waals surface area contributed by atoms with Crippen molar-refractivity contribution < 1.29 is 4.79 Å². The second kappa shape index (κ2) is 4.96. The molecule has 4 heteroatoms. The van der Waals surface area contributed by atoms with Gasteiger partial charge in [-0.15, -0.1) is 0 Å². The summed E-state index contributed by atoms with van der Waals surface area (Å²) in [5.41, 5.74) is 4.25. The second-order valence-corrected chi connectivity index (χ2v) is 5.17. The van der Waals surface area contributed by atoms with Crippen LogP contribution in [0.2, 0.25) is 0 Å². The van der Waals surface area contributed by atoms with Gasteiger partial charge in [0.2, 0.25) is 0 Å². The Morgan fingerprint density at radius 1 is 1.28 bits per heavy atom. The molecule has 1 amide bonds. The molecular formula is C14H19N3O. The van der Waals surface area contributed by atoms with Crippen molar-refractivity contribution in [1.29, 1.82) is 0 Å². The van der Waals surface area contributed by atoms with Crippen LogP contribution in [-0.4, -0.2) is 22.6 Å². The smallest absolute Gasteiger partial charge is 0.272 e. The predicted octanol–water partition coefficient (Wildman–Crippen LogP) is 2.13. The molecule has 1 heterocycles. The average Bonchev–Trinajstić information content (AvgIpc) is 2.99. The van der Waals surface area contributed by atoms with E-state index in [0.29, 0.717) is 12.2 Å². The zero-order valence-corrected chi connectivity index (χ0v) is 10.6. The molecule has 96 valence electrons. The number of aromatic nitrogens is 2. The van der Waals surface area contributed by atoms with Crippen molar-refractivity contribution >= 4 is 5.91 Å². The van der Waals surface area contributed by atoms with E-state index in [4.69, 9.17) is 0 Å². The van der Waals surface area contributed by atoms with E-state index in [1.165, 1.54) is 18.4 Å². The molecule has 1 aromatic rings. The normalized spacial score (nSPS) is 18.3. The van der Waals surface area contributed by atoms with E-state index in [9.17, 15) is 4.79 Å². The molecule has 0 saturated carbocycles. The summed E-state index contributed by atoms with van der Waals surface area (Å²) in [5.74, 6) is -0.0270. The molecular weight excluding hydrogens is 226 g/mol. The average molecular weight is 245 g/mol. The lowest BCUT2D eigenvalue weighted by molar-refractivity contribution is 0.0950. The Labute approximate surface area is 107 Å². The quantitative estimate of drug-likeness (QED) is 0.801. The van der Waals surface area contributed by atoms with Crippen LogP contribution in [0.15, 0.2) is 11.6 Å². The third-order valence-corrected chi connectivity index (χ3v) is 3.88. The lowest BCUT2D eigenvalue weighted by Crippen LogP contribution is -2.27. The summed E-state index contributed by atoms with van der Waals surface area (Å²) in [6, 6.07) is 0. The lowest BCUT2D eigenvalue weighted by Gasteiger charge is -2.13. The molecule has 0 fully saturated rings. The Kier molecular flexibility index (Phi) is 3.17. The Morgan fingerprint density at radius 3 is 3.06 bits per heavy atom. The summed E-state index contributed by atoms with van der Waals surface area (Å²) in [5, 5.41) is 10.1. The number of nitrogens with zero attached hydrogens (tertiary/aromatic N) is 1. The monoisotopic (exact) mass is 245 g/mol. The number of aromatic amines is 1. The summed E-state index contributed by atoms with van der Waals surface area (Å²) in [4.78, 5) is 12.1. The first-order chi connectivity index (χ1) is 8.84. The van der Waals surface area contributed by atoms with E-state index in [2.05, 4.69) is 21.6 Å². The molecule has 0 spiro atoms. The number of nitrogens with one attached hydrogen (secondary N) is 2. The van der Waals surface area contributed by atoms with E-state index in [1.54, 1.807) is 0 Å². The summed E-state index contributed by atoms with van der Waals surface area (Å²) >= 11 is 0. The summed E-state index contributed by atoms with van der Waals surface area (Å²) in [6.07, 6.45) is 10.2. The molecule has 0 atom stereocenters. The highest BCUT2D eigenvalue weighted by Crippen LogP contribution is 2.22. The van der Waals surface area contributed by atoms with E-state index in [-0.39, 0.29) is 5.91 Å². The van der Waals surface area contributed by atoms with Gasteiger partial charge in [-0.2, -0.15) is 5.10 Å². The summed E-state index contributed by atoms with van der Waals surface area (Å²) < 4.78 is 0. The number of rotatable bonds is 3. The summed E-state index contributed by atoms with van der Waals surface area (Å²) in [7, 11) is 0. The van der Waals surface area contributed by atoms with Gasteiger partial charge >= 0.3 is 0 Å². The number of carbonyl (C=O) groups excluding carboxylic acids is 1. The van der Waals surface area contributed by atoms with E-state index in [1.807, 2.05) is 0 Å². The fraction of sp³-hybridized carbons (Fsp3) is 0.571. The molecule has 4 nitrogen and oxygen atoms in total. The molecule has 1 aromatic heterocycles. The molecule has 0 radical (unpaired) electrons. The maximum absolute atomic E-state index is 12.1. The highest BCUT2D eigenvalue weighted by molar-refractivity contribution is 5.94. The minimum atomic E-state index is -0.0270. The van der Waals surface area contributed by atoms with Gasteiger partial charge in [-0.1, -0.05) is 11.6 Å². The van der Waals surface area contributed by atoms with Gasteiger partial charge in [0.1, 0.15) is 0 Å². The van der Waals surface area contributed by atoms with Crippen LogP contribution in [0.1, 0.15) is 53.8 Å². The van der Waals surface area contributed by atoms with Crippen LogP contribution < -0.4 is 5.32 Å². The van der Waals surface area contributed by atoms with Gasteiger partial charge < -0.3 is 5.32 Å². The molecule has 0 bridgehead atoms. The summed E-state index contributed by atoms with van der Waals surface area (Å²) in [6.45, 7) is 0.681. The second-order valence-electron chi connectivity index (χ2n) is 5.17. The van der Waals surface area contributed by atoms with Gasteiger partial charge in [0.15, 0.2) is 5.69 Å². The number of amides is 1. The van der Waals surface area contributed by atoms with Crippen LogP contribution in [0.4, 0.5) is 0 Å². The van der Waals surface area contributed by atoms with Crippen molar-refractivity contribution in [3.63, 3.8) is 0 Å². The number of H-pyrrole nitrogens is 1. The van der Waals surface area contributed by atoms with Crippen molar-refractivity contribution in [2.75, 3.05) is 6.54 Å². The van der Waals surface area contributed by atoms with Crippen molar-refractivity contribution in [2.24, 2.45) is 0 Å². The molecule has 2 aliphatic rings. The first-order valence-corrected chi connectivity index (χ1v) is 6.87. The largest absolute Gasteiger partial charge is 0.347 e. The Bertz CT molecular complexity index is 487. The first kappa shape index (κ1) is 11.5. The number of fused-ring (bicyclic) bond motifs is 1. The van der Waals surface area contributed by atoms with Crippen molar-refractivity contribution in [3.8, 4) is 0 Å². The lowest BCUT2D eigenvalue weighted by atomic mass is 10.00. The van der Waals surface area contributed by atoms with Crippen LogP contribution in [0.5, 0.6) is 0 Å². The Hall–Kier alpha value is -1.58. The molecule has 18 heavy (non-hydrogen) atoms. The first-order valence-electron chi connectivity index (χ1n) is 6.87. The highest BCUT2D eigenvalue weighted by atomic mass is 16.1. The van der Waals surface area contributed by atoms with Gasteiger partial charge in [0.05, 0.1) is 0 Å². The molecule has 2 N–H and O–H groups in total. The van der Waals surface area contributed by atoms with Crippen LogP contribution >= 0.6 is 0 Å². The molecule has 0 unspecified atom stereocenters. The van der Waals surface area contributed by atoms with Crippen molar-refractivity contribution in [1.82, 2.24) is 15.5 Å². The third-order valence-electron chi connectivity index (χ3n) is 3.88. The molecule has 0 aliphatic heterocycles. The maximum Gasteiger partial charge on any atom is 0.272 e. The maximum atomic E-state index is 12.1. The van der Waals surface area contributed by atoms with Gasteiger partial charge in [-0.3, -0.25) is 9.89 Å². The number of allylic oxidation sites excluding steroid dienone is 1. The molecule has 0 aromatic carbocycles. The molecule has 0 saturated heterocycles. The minimum Gasteiger partial charge on any atom is -0.347 e. The molecule has 3 rings (SSSR count). The third kappa shape index (κ3) is 2.19. The number of aryl methyl sites for hydroxylation is 1. The van der Waals surface area contributed by atoms with Crippen LogP contribution in [0.3, 0.4) is 0 Å². The molecule has 2 aliphatic carbocycles. The van der Waals surface area contributed by atoms with Crippen molar-refractivity contribution in [3.05, 3.63) is 28.6 Å².